The van der Waals surface area contributed by atoms with Gasteiger partial charge >= 0.3 is 0 Å². The lowest BCUT2D eigenvalue weighted by molar-refractivity contribution is 0.295. The van der Waals surface area contributed by atoms with Crippen molar-refractivity contribution in [2.24, 2.45) is 5.41 Å². The van der Waals surface area contributed by atoms with Crippen molar-refractivity contribution in [1.82, 2.24) is 5.32 Å². The summed E-state index contributed by atoms with van der Waals surface area (Å²) in [5.41, 5.74) is 0.356. The molecule has 0 bridgehead atoms. The van der Waals surface area contributed by atoms with Crippen molar-refractivity contribution in [1.29, 1.82) is 0 Å². The molecule has 1 saturated carbocycles. The van der Waals surface area contributed by atoms with E-state index in [2.05, 4.69) is 19.2 Å². The van der Waals surface area contributed by atoms with E-state index in [1.54, 1.807) is 6.92 Å². The van der Waals surface area contributed by atoms with Gasteiger partial charge in [-0.05, 0) is 50.5 Å². The summed E-state index contributed by atoms with van der Waals surface area (Å²) in [6, 6.07) is 0.651. The van der Waals surface area contributed by atoms with Crippen molar-refractivity contribution in [2.45, 2.75) is 65.3 Å². The van der Waals surface area contributed by atoms with Crippen LogP contribution in [0.2, 0.25) is 0 Å². The zero-order chi connectivity index (χ0) is 13.6. The molecule has 3 nitrogen and oxygen atoms in total. The maximum absolute atomic E-state index is 11.5. The molecule has 0 heterocycles. The van der Waals surface area contributed by atoms with Crippen LogP contribution in [0.4, 0.5) is 0 Å². The molecule has 0 aromatic rings. The standard InChI is InChI=1S/C14H29NO2S/c1-4-10-15-13-7-9-14(3,12-13)8-6-11-18(16,17)5-2/h13,15H,4-12H2,1-3H3. The van der Waals surface area contributed by atoms with Crippen LogP contribution in [0, 0.1) is 5.41 Å². The second kappa shape index (κ2) is 6.90. The van der Waals surface area contributed by atoms with E-state index in [1.165, 1.54) is 25.7 Å². The van der Waals surface area contributed by atoms with Crippen molar-refractivity contribution >= 4 is 9.84 Å². The highest BCUT2D eigenvalue weighted by Gasteiger charge is 2.34. The van der Waals surface area contributed by atoms with E-state index in [1.807, 2.05) is 0 Å². The third-order valence-electron chi connectivity index (χ3n) is 4.19. The highest BCUT2D eigenvalue weighted by Crippen LogP contribution is 2.41. The minimum atomic E-state index is -2.78. The lowest BCUT2D eigenvalue weighted by Crippen LogP contribution is -2.28. The maximum Gasteiger partial charge on any atom is 0.150 e. The third kappa shape index (κ3) is 5.27. The molecule has 4 heteroatoms. The molecule has 1 fully saturated rings. The monoisotopic (exact) mass is 275 g/mol. The first-order valence-corrected chi connectivity index (χ1v) is 9.17. The lowest BCUT2D eigenvalue weighted by Gasteiger charge is -2.24. The largest absolute Gasteiger partial charge is 0.314 e. The molecule has 0 aromatic heterocycles. The average Bonchev–Trinajstić information content (AvgIpc) is 2.68. The normalized spacial score (nSPS) is 28.7. The summed E-state index contributed by atoms with van der Waals surface area (Å²) < 4.78 is 22.9. The van der Waals surface area contributed by atoms with E-state index >= 15 is 0 Å². The molecular formula is C14H29NO2S. The first kappa shape index (κ1) is 16.0. The topological polar surface area (TPSA) is 46.2 Å². The van der Waals surface area contributed by atoms with Crippen molar-refractivity contribution in [3.8, 4) is 0 Å². The Morgan fingerprint density at radius 1 is 1.33 bits per heavy atom. The van der Waals surface area contributed by atoms with Crippen LogP contribution in [0.1, 0.15) is 59.3 Å². The van der Waals surface area contributed by atoms with E-state index < -0.39 is 9.84 Å². The molecule has 0 radical (unpaired) electrons. The molecular weight excluding hydrogens is 246 g/mol. The van der Waals surface area contributed by atoms with Gasteiger partial charge in [-0.15, -0.1) is 0 Å². The van der Waals surface area contributed by atoms with Gasteiger partial charge in [-0.2, -0.15) is 0 Å². The average molecular weight is 275 g/mol. The van der Waals surface area contributed by atoms with Crippen LogP contribution < -0.4 is 5.32 Å². The van der Waals surface area contributed by atoms with Crippen LogP contribution >= 0.6 is 0 Å². The first-order valence-electron chi connectivity index (χ1n) is 7.34. The summed E-state index contributed by atoms with van der Waals surface area (Å²) in [4.78, 5) is 0. The Morgan fingerprint density at radius 2 is 2.06 bits per heavy atom. The number of hydrogen-bond acceptors (Lipinski definition) is 3. The van der Waals surface area contributed by atoms with Crippen LogP contribution in [0.25, 0.3) is 0 Å². The fraction of sp³-hybridized carbons (Fsp3) is 1.00. The van der Waals surface area contributed by atoms with Gasteiger partial charge in [-0.3, -0.25) is 0 Å². The summed E-state index contributed by atoms with van der Waals surface area (Å²) in [6.45, 7) is 7.35. The van der Waals surface area contributed by atoms with Crippen molar-refractivity contribution in [3.05, 3.63) is 0 Å². The van der Waals surface area contributed by atoms with E-state index in [0.29, 0.717) is 17.2 Å². The summed E-state index contributed by atoms with van der Waals surface area (Å²) in [5.74, 6) is 0.649. The summed E-state index contributed by atoms with van der Waals surface area (Å²) in [6.07, 6.45) is 6.75. The fourth-order valence-electron chi connectivity index (χ4n) is 2.93. The Labute approximate surface area is 113 Å². The molecule has 1 rings (SSSR count). The molecule has 108 valence electrons. The molecule has 1 N–H and O–H groups in total. The van der Waals surface area contributed by atoms with E-state index in [9.17, 15) is 8.42 Å². The number of hydrogen-bond donors (Lipinski definition) is 1. The van der Waals surface area contributed by atoms with Crippen molar-refractivity contribution in [2.75, 3.05) is 18.1 Å². The van der Waals surface area contributed by atoms with Crippen LogP contribution in [0.3, 0.4) is 0 Å². The summed E-state index contributed by atoms with van der Waals surface area (Å²) >= 11 is 0. The van der Waals surface area contributed by atoms with Gasteiger partial charge in [0.2, 0.25) is 0 Å². The minimum Gasteiger partial charge on any atom is -0.314 e. The molecule has 1 aliphatic rings. The molecule has 0 aromatic carbocycles. The zero-order valence-electron chi connectivity index (χ0n) is 12.2. The smallest absolute Gasteiger partial charge is 0.150 e. The Kier molecular flexibility index (Phi) is 6.12. The highest BCUT2D eigenvalue weighted by atomic mass is 32.2. The number of rotatable bonds is 8. The quantitative estimate of drug-likeness (QED) is 0.741. The second-order valence-electron chi connectivity index (χ2n) is 6.04. The molecule has 1 aliphatic carbocycles. The number of nitrogens with one attached hydrogen (secondary N) is 1. The molecule has 18 heavy (non-hydrogen) atoms. The van der Waals surface area contributed by atoms with Crippen LogP contribution in [0.15, 0.2) is 0 Å². The van der Waals surface area contributed by atoms with Gasteiger partial charge in [0.15, 0.2) is 0 Å². The van der Waals surface area contributed by atoms with Gasteiger partial charge in [-0.1, -0.05) is 20.8 Å². The highest BCUT2D eigenvalue weighted by molar-refractivity contribution is 7.91. The summed E-state index contributed by atoms with van der Waals surface area (Å²) in [5, 5.41) is 3.59. The predicted molar refractivity (Wildman–Crippen MR) is 77.6 cm³/mol. The van der Waals surface area contributed by atoms with Crippen LogP contribution in [0.5, 0.6) is 0 Å². The van der Waals surface area contributed by atoms with Gasteiger partial charge in [0.25, 0.3) is 0 Å². The molecule has 0 amide bonds. The summed E-state index contributed by atoms with van der Waals surface area (Å²) in [7, 11) is -2.78. The lowest BCUT2D eigenvalue weighted by atomic mass is 9.84. The minimum absolute atomic E-state index is 0.282. The van der Waals surface area contributed by atoms with Crippen LogP contribution in [-0.2, 0) is 9.84 Å². The Bertz CT molecular complexity index is 340. The zero-order valence-corrected chi connectivity index (χ0v) is 13.0. The maximum atomic E-state index is 11.5. The molecule has 2 unspecified atom stereocenters. The van der Waals surface area contributed by atoms with Gasteiger partial charge in [-0.25, -0.2) is 8.42 Å². The Balaban J connectivity index is 2.30. The Hall–Kier alpha value is -0.0900. The van der Waals surface area contributed by atoms with Gasteiger partial charge in [0, 0.05) is 11.8 Å². The first-order chi connectivity index (χ1) is 8.41. The number of sulfone groups is 1. The molecule has 2 atom stereocenters. The fourth-order valence-corrected chi connectivity index (χ4v) is 3.81. The van der Waals surface area contributed by atoms with E-state index in [4.69, 9.17) is 0 Å². The van der Waals surface area contributed by atoms with Crippen molar-refractivity contribution < 1.29 is 8.42 Å². The van der Waals surface area contributed by atoms with E-state index in [-0.39, 0.29) is 5.75 Å². The second-order valence-corrected chi connectivity index (χ2v) is 8.52. The van der Waals surface area contributed by atoms with E-state index in [0.717, 1.165) is 19.4 Å². The van der Waals surface area contributed by atoms with Gasteiger partial charge in [0.1, 0.15) is 9.84 Å². The predicted octanol–water partition coefficient (Wildman–Crippen LogP) is 2.76. The van der Waals surface area contributed by atoms with Crippen LogP contribution in [-0.4, -0.2) is 32.5 Å². The molecule has 0 spiro atoms. The molecule has 0 aliphatic heterocycles. The third-order valence-corrected chi connectivity index (χ3v) is 5.98. The van der Waals surface area contributed by atoms with Gasteiger partial charge in [0.05, 0.1) is 5.75 Å². The molecule has 0 saturated heterocycles. The van der Waals surface area contributed by atoms with Gasteiger partial charge < -0.3 is 5.32 Å². The Morgan fingerprint density at radius 3 is 2.67 bits per heavy atom. The SMILES string of the molecule is CCCNC1CCC(C)(CCCS(=O)(=O)CC)C1. The van der Waals surface area contributed by atoms with Crippen molar-refractivity contribution in [3.63, 3.8) is 0 Å².